The highest BCUT2D eigenvalue weighted by molar-refractivity contribution is 5.80. The van der Waals surface area contributed by atoms with E-state index in [1.54, 1.807) is 0 Å². The Kier molecular flexibility index (Phi) is 1.74. The lowest BCUT2D eigenvalue weighted by Gasteiger charge is -2.11. The Bertz CT molecular complexity index is 122. The van der Waals surface area contributed by atoms with Gasteiger partial charge in [-0.3, -0.25) is 4.79 Å². The largest absolute Gasteiger partial charge is 0.343 e. The topological polar surface area (TPSA) is 20.3 Å². The van der Waals surface area contributed by atoms with Gasteiger partial charge in [0, 0.05) is 19.0 Å². The Balaban J connectivity index is 2.51. The third-order valence-electron chi connectivity index (χ3n) is 1.95. The lowest BCUT2D eigenvalue weighted by Crippen LogP contribution is -2.25. The molecule has 1 aliphatic heterocycles. The van der Waals surface area contributed by atoms with Crippen molar-refractivity contribution < 1.29 is 4.79 Å². The monoisotopic (exact) mass is 127 g/mol. The summed E-state index contributed by atoms with van der Waals surface area (Å²) in [6.45, 7) is 5.87. The molecule has 1 rings (SSSR count). The smallest absolute Gasteiger partial charge is 0.225 e. The summed E-state index contributed by atoms with van der Waals surface area (Å²) in [5.74, 6) is 0.613. The fraction of sp³-hybridized carbons (Fsp3) is 0.857. The summed E-state index contributed by atoms with van der Waals surface area (Å²) in [7, 11) is 0. The minimum atomic E-state index is 0.282. The fourth-order valence-corrected chi connectivity index (χ4v) is 1.21. The first kappa shape index (κ1) is 6.59. The van der Waals surface area contributed by atoms with E-state index in [4.69, 9.17) is 0 Å². The van der Waals surface area contributed by atoms with Crippen LogP contribution in [0.15, 0.2) is 0 Å². The number of likely N-dealkylation sites (tertiary alicyclic amines) is 1. The molecule has 9 heavy (non-hydrogen) atoms. The molecule has 1 atom stereocenters. The molecule has 0 aliphatic carbocycles. The Hall–Kier alpha value is -0.530. The second-order valence-corrected chi connectivity index (χ2v) is 2.61. The number of nitrogens with zero attached hydrogens (tertiary/aromatic N) is 1. The van der Waals surface area contributed by atoms with Crippen LogP contribution < -0.4 is 0 Å². The van der Waals surface area contributed by atoms with Crippen LogP contribution in [0.4, 0.5) is 0 Å². The molecule has 1 heterocycles. The molecule has 0 bridgehead atoms. The van der Waals surface area contributed by atoms with Gasteiger partial charge in [-0.1, -0.05) is 6.92 Å². The molecule has 0 aromatic heterocycles. The van der Waals surface area contributed by atoms with Crippen LogP contribution in [0.2, 0.25) is 0 Å². The van der Waals surface area contributed by atoms with Gasteiger partial charge in [-0.2, -0.15) is 0 Å². The summed E-state index contributed by atoms with van der Waals surface area (Å²) in [6, 6.07) is 0. The maximum absolute atomic E-state index is 11.1. The van der Waals surface area contributed by atoms with E-state index in [1.807, 2.05) is 18.7 Å². The lowest BCUT2D eigenvalue weighted by molar-refractivity contribution is -0.130. The normalized spacial score (nSPS) is 27.6. The Morgan fingerprint density at radius 1 is 1.78 bits per heavy atom. The number of carbonyl (C=O) groups excluding carboxylic acids is 1. The van der Waals surface area contributed by atoms with Crippen molar-refractivity contribution in [1.82, 2.24) is 4.90 Å². The summed E-state index contributed by atoms with van der Waals surface area (Å²) in [4.78, 5) is 13.0. The van der Waals surface area contributed by atoms with E-state index in [-0.39, 0.29) is 5.92 Å². The maximum atomic E-state index is 11.1. The molecule has 1 fully saturated rings. The van der Waals surface area contributed by atoms with Crippen LogP contribution >= 0.6 is 0 Å². The minimum Gasteiger partial charge on any atom is -0.343 e. The third kappa shape index (κ3) is 1.07. The van der Waals surface area contributed by atoms with Crippen molar-refractivity contribution in [3.8, 4) is 0 Å². The van der Waals surface area contributed by atoms with E-state index >= 15 is 0 Å². The molecule has 0 saturated carbocycles. The predicted molar refractivity (Wildman–Crippen MR) is 36.0 cm³/mol. The van der Waals surface area contributed by atoms with Gasteiger partial charge >= 0.3 is 0 Å². The summed E-state index contributed by atoms with van der Waals surface area (Å²) < 4.78 is 0. The van der Waals surface area contributed by atoms with Crippen molar-refractivity contribution in [1.29, 1.82) is 0 Å². The van der Waals surface area contributed by atoms with E-state index in [1.165, 1.54) is 0 Å². The SMILES string of the molecule is CCN1CC[C@@H](C)C1=O. The predicted octanol–water partition coefficient (Wildman–Crippen LogP) is 0.875. The number of hydrogen-bond donors (Lipinski definition) is 0. The van der Waals surface area contributed by atoms with E-state index in [9.17, 15) is 4.79 Å². The molecule has 0 N–H and O–H groups in total. The van der Waals surface area contributed by atoms with Gasteiger partial charge in [-0.05, 0) is 13.3 Å². The van der Waals surface area contributed by atoms with Gasteiger partial charge in [-0.25, -0.2) is 0 Å². The zero-order valence-electron chi connectivity index (χ0n) is 6.05. The van der Waals surface area contributed by atoms with Gasteiger partial charge in [0.2, 0.25) is 5.91 Å². The highest BCUT2D eigenvalue weighted by atomic mass is 16.2. The van der Waals surface area contributed by atoms with E-state index in [2.05, 4.69) is 0 Å². The van der Waals surface area contributed by atoms with E-state index in [0.29, 0.717) is 5.91 Å². The highest BCUT2D eigenvalue weighted by Gasteiger charge is 2.25. The second-order valence-electron chi connectivity index (χ2n) is 2.61. The summed E-state index contributed by atoms with van der Waals surface area (Å²) in [5, 5.41) is 0. The number of rotatable bonds is 1. The van der Waals surface area contributed by atoms with E-state index in [0.717, 1.165) is 19.5 Å². The summed E-state index contributed by atoms with van der Waals surface area (Å²) in [6.07, 6.45) is 1.05. The first-order chi connectivity index (χ1) is 4.25. The molecule has 0 unspecified atom stereocenters. The molecule has 0 radical (unpaired) electrons. The van der Waals surface area contributed by atoms with Crippen molar-refractivity contribution in [2.75, 3.05) is 13.1 Å². The van der Waals surface area contributed by atoms with Crippen molar-refractivity contribution in [3.05, 3.63) is 0 Å². The minimum absolute atomic E-state index is 0.282. The Morgan fingerprint density at radius 3 is 2.67 bits per heavy atom. The van der Waals surface area contributed by atoms with Crippen LogP contribution in [0.25, 0.3) is 0 Å². The van der Waals surface area contributed by atoms with Gasteiger partial charge in [-0.15, -0.1) is 0 Å². The number of hydrogen-bond acceptors (Lipinski definition) is 1. The molecular formula is C7H13NO. The van der Waals surface area contributed by atoms with Gasteiger partial charge in [0.25, 0.3) is 0 Å². The average Bonchev–Trinajstić information content (AvgIpc) is 2.15. The van der Waals surface area contributed by atoms with Gasteiger partial charge in [0.05, 0.1) is 0 Å². The van der Waals surface area contributed by atoms with Crippen LogP contribution in [0.1, 0.15) is 20.3 Å². The molecule has 52 valence electrons. The molecular weight excluding hydrogens is 114 g/mol. The summed E-state index contributed by atoms with van der Waals surface area (Å²) in [5.41, 5.74) is 0. The van der Waals surface area contributed by atoms with E-state index < -0.39 is 0 Å². The number of amides is 1. The van der Waals surface area contributed by atoms with Crippen LogP contribution in [0.5, 0.6) is 0 Å². The second kappa shape index (κ2) is 2.38. The molecule has 1 saturated heterocycles. The Labute approximate surface area is 55.8 Å². The van der Waals surface area contributed by atoms with Crippen molar-refractivity contribution in [3.63, 3.8) is 0 Å². The highest BCUT2D eigenvalue weighted by Crippen LogP contribution is 2.15. The third-order valence-corrected chi connectivity index (χ3v) is 1.95. The fourth-order valence-electron chi connectivity index (χ4n) is 1.21. The van der Waals surface area contributed by atoms with Crippen molar-refractivity contribution in [2.24, 2.45) is 5.92 Å². The molecule has 0 spiro atoms. The van der Waals surface area contributed by atoms with Crippen LogP contribution in [0.3, 0.4) is 0 Å². The standard InChI is InChI=1S/C7H13NO/c1-3-8-5-4-6(2)7(8)9/h6H,3-5H2,1-2H3/t6-/m1/s1. The van der Waals surface area contributed by atoms with Gasteiger partial charge in [0.15, 0.2) is 0 Å². The maximum Gasteiger partial charge on any atom is 0.225 e. The Morgan fingerprint density at radius 2 is 2.44 bits per heavy atom. The molecule has 0 aromatic rings. The zero-order chi connectivity index (χ0) is 6.85. The van der Waals surface area contributed by atoms with Crippen molar-refractivity contribution >= 4 is 5.91 Å². The van der Waals surface area contributed by atoms with Crippen LogP contribution in [-0.2, 0) is 4.79 Å². The first-order valence-electron chi connectivity index (χ1n) is 3.54. The molecule has 1 aliphatic rings. The quantitative estimate of drug-likeness (QED) is 0.512. The molecule has 0 aromatic carbocycles. The molecule has 2 nitrogen and oxygen atoms in total. The van der Waals surface area contributed by atoms with Gasteiger partial charge in [0.1, 0.15) is 0 Å². The molecule has 1 amide bonds. The van der Waals surface area contributed by atoms with Crippen LogP contribution in [0, 0.1) is 5.92 Å². The summed E-state index contributed by atoms with van der Waals surface area (Å²) >= 11 is 0. The zero-order valence-corrected chi connectivity index (χ0v) is 6.05. The number of carbonyl (C=O) groups is 1. The van der Waals surface area contributed by atoms with Crippen LogP contribution in [-0.4, -0.2) is 23.9 Å². The first-order valence-corrected chi connectivity index (χ1v) is 3.54. The van der Waals surface area contributed by atoms with Gasteiger partial charge < -0.3 is 4.90 Å². The van der Waals surface area contributed by atoms with Crippen molar-refractivity contribution in [2.45, 2.75) is 20.3 Å². The lowest BCUT2D eigenvalue weighted by atomic mass is 10.1. The molecule has 2 heteroatoms. The average molecular weight is 127 g/mol.